The fraction of sp³-hybridized carbons (Fsp3) is 0.333. The number of ether oxygens (including phenoxy) is 2. The van der Waals surface area contributed by atoms with Crippen LogP contribution in [-0.4, -0.2) is 77.3 Å². The number of aryl methyl sites for hydroxylation is 1. The first-order valence-corrected chi connectivity index (χ1v) is 11.6. The van der Waals surface area contributed by atoms with E-state index >= 15 is 0 Å². The van der Waals surface area contributed by atoms with Gasteiger partial charge in [0.2, 0.25) is 5.91 Å². The van der Waals surface area contributed by atoms with Crippen LogP contribution in [0.3, 0.4) is 0 Å². The SMILES string of the molecule is COC(=O)c1cccc(-n2c(C)cc(/C=C3/SC(=O)N(CC(=O)N4CCOCC4)C3=O)c2C)c1. The van der Waals surface area contributed by atoms with Crippen molar-refractivity contribution in [2.75, 3.05) is 40.0 Å². The van der Waals surface area contributed by atoms with E-state index in [9.17, 15) is 19.2 Å². The second kappa shape index (κ2) is 9.86. The third kappa shape index (κ3) is 4.64. The molecule has 2 aliphatic rings. The van der Waals surface area contributed by atoms with Crippen molar-refractivity contribution in [1.82, 2.24) is 14.4 Å². The topological polar surface area (TPSA) is 98.2 Å². The van der Waals surface area contributed by atoms with E-state index in [1.54, 1.807) is 29.2 Å². The minimum absolute atomic E-state index is 0.267. The molecule has 1 aromatic carbocycles. The lowest BCUT2D eigenvalue weighted by molar-refractivity contribution is -0.139. The third-order valence-electron chi connectivity index (χ3n) is 5.81. The molecule has 3 heterocycles. The number of thioether (sulfide) groups is 1. The Kier molecular flexibility index (Phi) is 6.90. The van der Waals surface area contributed by atoms with Crippen LogP contribution < -0.4 is 0 Å². The summed E-state index contributed by atoms with van der Waals surface area (Å²) >= 11 is 0.827. The molecule has 10 heteroatoms. The number of rotatable bonds is 5. The van der Waals surface area contributed by atoms with E-state index in [1.807, 2.05) is 30.5 Å². The molecule has 2 fully saturated rings. The van der Waals surface area contributed by atoms with Crippen LogP contribution in [0.4, 0.5) is 4.79 Å². The molecule has 2 aromatic rings. The molecule has 34 heavy (non-hydrogen) atoms. The van der Waals surface area contributed by atoms with Gasteiger partial charge in [-0.15, -0.1) is 0 Å². The zero-order valence-corrected chi connectivity index (χ0v) is 20.0. The van der Waals surface area contributed by atoms with Gasteiger partial charge in [-0.3, -0.25) is 19.3 Å². The molecule has 0 radical (unpaired) electrons. The smallest absolute Gasteiger partial charge is 0.337 e. The van der Waals surface area contributed by atoms with E-state index in [-0.39, 0.29) is 17.4 Å². The Labute approximate surface area is 201 Å². The lowest BCUT2D eigenvalue weighted by atomic mass is 10.2. The average molecular weight is 484 g/mol. The summed E-state index contributed by atoms with van der Waals surface area (Å²) < 4.78 is 12.0. The van der Waals surface area contributed by atoms with E-state index in [0.717, 1.165) is 39.3 Å². The number of morpholine rings is 1. The molecule has 0 bridgehead atoms. The monoisotopic (exact) mass is 483 g/mol. The molecule has 1 aromatic heterocycles. The van der Waals surface area contributed by atoms with Gasteiger partial charge in [-0.2, -0.15) is 0 Å². The Bertz CT molecular complexity index is 1200. The van der Waals surface area contributed by atoms with Crippen LogP contribution in [-0.2, 0) is 19.1 Å². The van der Waals surface area contributed by atoms with Crippen LogP contribution in [0.15, 0.2) is 35.2 Å². The standard InChI is InChI=1S/C24H25N3O6S/c1-15-11-18(16(2)27(15)19-6-4-5-17(12-19)23(30)32-3)13-20-22(29)26(24(31)34-20)14-21(28)25-7-9-33-10-8-25/h4-6,11-13H,7-10,14H2,1-3H3/b20-13+. The molecular weight excluding hydrogens is 458 g/mol. The molecule has 0 spiro atoms. The highest BCUT2D eigenvalue weighted by molar-refractivity contribution is 8.18. The van der Waals surface area contributed by atoms with Crippen molar-refractivity contribution in [2.45, 2.75) is 13.8 Å². The van der Waals surface area contributed by atoms with Crippen LogP contribution in [0.2, 0.25) is 0 Å². The largest absolute Gasteiger partial charge is 0.465 e. The van der Waals surface area contributed by atoms with Crippen LogP contribution in [0.1, 0.15) is 27.3 Å². The Hall–Kier alpha value is -3.37. The average Bonchev–Trinajstić information content (AvgIpc) is 3.27. The van der Waals surface area contributed by atoms with Crippen LogP contribution in [0.25, 0.3) is 11.8 Å². The molecule has 0 aliphatic carbocycles. The highest BCUT2D eigenvalue weighted by Gasteiger charge is 2.37. The highest BCUT2D eigenvalue weighted by Crippen LogP contribution is 2.34. The first-order valence-electron chi connectivity index (χ1n) is 10.8. The Morgan fingerprint density at radius 3 is 2.59 bits per heavy atom. The summed E-state index contributed by atoms with van der Waals surface area (Å²) in [5, 5.41) is -0.461. The zero-order chi connectivity index (χ0) is 24.4. The maximum atomic E-state index is 12.9. The maximum absolute atomic E-state index is 12.9. The van der Waals surface area contributed by atoms with Crippen molar-refractivity contribution in [2.24, 2.45) is 0 Å². The normalized spacial score (nSPS) is 17.6. The first-order chi connectivity index (χ1) is 16.3. The minimum Gasteiger partial charge on any atom is -0.465 e. The number of aromatic nitrogens is 1. The molecule has 2 aliphatic heterocycles. The summed E-state index contributed by atoms with van der Waals surface area (Å²) in [6, 6.07) is 8.98. The number of carbonyl (C=O) groups excluding carboxylic acids is 4. The van der Waals surface area contributed by atoms with E-state index in [2.05, 4.69) is 0 Å². The number of benzene rings is 1. The molecule has 0 unspecified atom stereocenters. The second-order valence-corrected chi connectivity index (χ2v) is 8.96. The lowest BCUT2D eigenvalue weighted by Crippen LogP contribution is -2.46. The number of nitrogens with zero attached hydrogens (tertiary/aromatic N) is 3. The molecule has 3 amide bonds. The second-order valence-electron chi connectivity index (χ2n) is 7.96. The van der Waals surface area contributed by atoms with Crippen LogP contribution in [0, 0.1) is 13.8 Å². The lowest BCUT2D eigenvalue weighted by Gasteiger charge is -2.28. The van der Waals surface area contributed by atoms with Gasteiger partial charge in [0.1, 0.15) is 6.54 Å². The summed E-state index contributed by atoms with van der Waals surface area (Å²) in [5.74, 6) is -1.17. The number of esters is 1. The Morgan fingerprint density at radius 1 is 1.15 bits per heavy atom. The third-order valence-corrected chi connectivity index (χ3v) is 6.72. The van der Waals surface area contributed by atoms with Gasteiger partial charge in [0.05, 0.1) is 30.8 Å². The fourth-order valence-electron chi connectivity index (χ4n) is 4.05. The number of amides is 3. The van der Waals surface area contributed by atoms with Gasteiger partial charge in [0.25, 0.3) is 11.1 Å². The van der Waals surface area contributed by atoms with E-state index in [4.69, 9.17) is 9.47 Å². The molecule has 0 N–H and O–H groups in total. The number of imide groups is 1. The quantitative estimate of drug-likeness (QED) is 0.476. The zero-order valence-electron chi connectivity index (χ0n) is 19.2. The number of hydrogen-bond donors (Lipinski definition) is 0. The molecule has 4 rings (SSSR count). The molecular formula is C24H25N3O6S. The van der Waals surface area contributed by atoms with Crippen molar-refractivity contribution in [3.8, 4) is 5.69 Å². The Morgan fingerprint density at radius 2 is 1.88 bits per heavy atom. The Balaban J connectivity index is 1.57. The maximum Gasteiger partial charge on any atom is 0.337 e. The van der Waals surface area contributed by atoms with Crippen molar-refractivity contribution in [1.29, 1.82) is 0 Å². The van der Waals surface area contributed by atoms with Crippen LogP contribution in [0.5, 0.6) is 0 Å². The van der Waals surface area contributed by atoms with Gasteiger partial charge in [-0.05, 0) is 61.5 Å². The summed E-state index contributed by atoms with van der Waals surface area (Å²) in [4.78, 5) is 52.7. The number of carbonyl (C=O) groups is 4. The first kappa shape index (κ1) is 23.8. The fourth-order valence-corrected chi connectivity index (χ4v) is 4.88. The summed E-state index contributed by atoms with van der Waals surface area (Å²) in [6.45, 7) is 5.35. The van der Waals surface area contributed by atoms with Crippen molar-refractivity contribution in [3.05, 3.63) is 57.8 Å². The van der Waals surface area contributed by atoms with Gasteiger partial charge in [0.15, 0.2) is 0 Å². The van der Waals surface area contributed by atoms with Crippen molar-refractivity contribution >= 4 is 40.9 Å². The van der Waals surface area contributed by atoms with Gasteiger partial charge < -0.3 is 18.9 Å². The van der Waals surface area contributed by atoms with Crippen molar-refractivity contribution < 1.29 is 28.7 Å². The summed E-state index contributed by atoms with van der Waals surface area (Å²) in [7, 11) is 1.33. The van der Waals surface area contributed by atoms with Gasteiger partial charge in [-0.25, -0.2) is 4.79 Å². The minimum atomic E-state index is -0.478. The van der Waals surface area contributed by atoms with E-state index < -0.39 is 17.1 Å². The number of methoxy groups -OCH3 is 1. The van der Waals surface area contributed by atoms with Gasteiger partial charge in [-0.1, -0.05) is 6.07 Å². The van der Waals surface area contributed by atoms with Crippen LogP contribution >= 0.6 is 11.8 Å². The van der Waals surface area contributed by atoms with Crippen molar-refractivity contribution in [3.63, 3.8) is 0 Å². The predicted molar refractivity (Wildman–Crippen MR) is 127 cm³/mol. The molecule has 0 saturated carbocycles. The highest BCUT2D eigenvalue weighted by atomic mass is 32.2. The molecule has 0 atom stereocenters. The predicted octanol–water partition coefficient (Wildman–Crippen LogP) is 2.78. The van der Waals surface area contributed by atoms with E-state index in [0.29, 0.717) is 31.9 Å². The molecule has 2 saturated heterocycles. The molecule has 9 nitrogen and oxygen atoms in total. The molecule has 178 valence electrons. The summed E-state index contributed by atoms with van der Waals surface area (Å²) in [6.07, 6.45) is 1.67. The van der Waals surface area contributed by atoms with E-state index in [1.165, 1.54) is 7.11 Å². The van der Waals surface area contributed by atoms with Gasteiger partial charge >= 0.3 is 5.97 Å². The van der Waals surface area contributed by atoms with Gasteiger partial charge in [0, 0.05) is 30.2 Å². The summed E-state index contributed by atoms with van der Waals surface area (Å²) in [5.41, 5.74) is 3.72. The number of hydrogen-bond acceptors (Lipinski definition) is 7.